The molecule has 0 bridgehead atoms. The van der Waals surface area contributed by atoms with Crippen LogP contribution in [0, 0.1) is 6.42 Å². The van der Waals surface area contributed by atoms with E-state index in [0.29, 0.717) is 0 Å². The molecule has 0 aromatic heterocycles. The third kappa shape index (κ3) is 3.63. The molecule has 0 spiro atoms. The van der Waals surface area contributed by atoms with E-state index in [9.17, 15) is 0 Å². The zero-order valence-electron chi connectivity index (χ0n) is 4.43. The summed E-state index contributed by atoms with van der Waals surface area (Å²) in [6.45, 7) is 2.14. The van der Waals surface area contributed by atoms with Gasteiger partial charge in [0.25, 0.3) is 0 Å². The molecule has 0 atom stereocenters. The Kier molecular flexibility index (Phi) is 6.00. The van der Waals surface area contributed by atoms with Crippen molar-refractivity contribution in [2.75, 3.05) is 13.1 Å². The Morgan fingerprint density at radius 3 is 1.86 bits per heavy atom. The van der Waals surface area contributed by atoms with Crippen LogP contribution < -0.4 is 0 Å². The molecule has 0 N–H and O–H groups in total. The van der Waals surface area contributed by atoms with Gasteiger partial charge in [-0.2, -0.15) is 25.9 Å². The SMILES string of the molecule is [CH-]1CC[N-]CC1.[Y]. The number of hydrogen-bond donors (Lipinski definition) is 0. The van der Waals surface area contributed by atoms with Gasteiger partial charge in [0.05, 0.1) is 0 Å². The van der Waals surface area contributed by atoms with Gasteiger partial charge in [0.15, 0.2) is 0 Å². The van der Waals surface area contributed by atoms with Gasteiger partial charge in [-0.25, -0.2) is 0 Å². The fourth-order valence-corrected chi connectivity index (χ4v) is 0.621. The summed E-state index contributed by atoms with van der Waals surface area (Å²) in [4.78, 5) is 0. The normalized spacial score (nSPS) is 20.6. The summed E-state index contributed by atoms with van der Waals surface area (Å²) in [5.74, 6) is 0. The van der Waals surface area contributed by atoms with Gasteiger partial charge < -0.3 is 11.7 Å². The number of hydrogen-bond acceptors (Lipinski definition) is 0. The second kappa shape index (κ2) is 5.21. The maximum Gasteiger partial charge on any atom is 0 e. The van der Waals surface area contributed by atoms with Gasteiger partial charge in [0, 0.05) is 32.7 Å². The van der Waals surface area contributed by atoms with E-state index in [-0.39, 0.29) is 32.7 Å². The monoisotopic (exact) mass is 172 g/mol. The van der Waals surface area contributed by atoms with Crippen LogP contribution in [0.2, 0.25) is 0 Å². The van der Waals surface area contributed by atoms with Crippen molar-refractivity contribution >= 4 is 0 Å². The minimum atomic E-state index is 0. The summed E-state index contributed by atoms with van der Waals surface area (Å²) in [6.07, 6.45) is 4.72. The van der Waals surface area contributed by atoms with Crippen molar-refractivity contribution in [3.63, 3.8) is 0 Å². The van der Waals surface area contributed by atoms with E-state index in [1.807, 2.05) is 0 Å². The fourth-order valence-electron chi connectivity index (χ4n) is 0.621. The molecular weight excluding hydrogens is 163 g/mol. The Balaban J connectivity index is 0.000000360. The number of rotatable bonds is 0. The van der Waals surface area contributed by atoms with Crippen LogP contribution in [0.15, 0.2) is 0 Å². The van der Waals surface area contributed by atoms with E-state index in [1.54, 1.807) is 0 Å². The second-order valence-corrected chi connectivity index (χ2v) is 1.54. The molecule has 1 rings (SSSR count). The zero-order chi connectivity index (χ0) is 4.24. The van der Waals surface area contributed by atoms with E-state index in [4.69, 9.17) is 0 Å². The first-order valence-corrected chi connectivity index (χ1v) is 2.45. The Hall–Kier alpha value is 1.06. The summed E-state index contributed by atoms with van der Waals surface area (Å²) in [5, 5.41) is 4.15. The van der Waals surface area contributed by atoms with Crippen molar-refractivity contribution < 1.29 is 32.7 Å². The van der Waals surface area contributed by atoms with Gasteiger partial charge in [0.2, 0.25) is 0 Å². The Bertz CT molecular complexity index is 23.6. The molecule has 2 heteroatoms. The molecule has 39 valence electrons. The molecule has 7 heavy (non-hydrogen) atoms. The van der Waals surface area contributed by atoms with Gasteiger partial charge in [0.1, 0.15) is 0 Å². The molecule has 1 aliphatic rings. The van der Waals surface area contributed by atoms with E-state index in [2.05, 4.69) is 11.7 Å². The van der Waals surface area contributed by atoms with E-state index >= 15 is 0 Å². The van der Waals surface area contributed by atoms with Gasteiger partial charge in [-0.3, -0.25) is 0 Å². The maximum atomic E-state index is 4.15. The summed E-state index contributed by atoms with van der Waals surface area (Å²) < 4.78 is 0. The Labute approximate surface area is 70.1 Å². The molecule has 1 heterocycles. The van der Waals surface area contributed by atoms with E-state index < -0.39 is 0 Å². The first-order valence-electron chi connectivity index (χ1n) is 2.45. The summed E-state index contributed by atoms with van der Waals surface area (Å²) in [7, 11) is 0. The Morgan fingerprint density at radius 1 is 1.14 bits per heavy atom. The van der Waals surface area contributed by atoms with Crippen LogP contribution in [0.25, 0.3) is 5.32 Å². The first-order chi connectivity index (χ1) is 3.00. The van der Waals surface area contributed by atoms with Crippen molar-refractivity contribution in [2.45, 2.75) is 12.8 Å². The molecule has 1 fully saturated rings. The molecule has 0 aliphatic carbocycles. The second-order valence-electron chi connectivity index (χ2n) is 1.54. The fraction of sp³-hybridized carbons (Fsp3) is 0.800. The molecule has 0 amide bonds. The third-order valence-electron chi connectivity index (χ3n) is 0.983. The van der Waals surface area contributed by atoms with Crippen LogP contribution in [-0.4, -0.2) is 13.1 Å². The zero-order valence-corrected chi connectivity index (χ0v) is 7.27. The van der Waals surface area contributed by atoms with Gasteiger partial charge in [-0.05, 0) is 0 Å². The largest absolute Gasteiger partial charge is 0.666 e. The topological polar surface area (TPSA) is 14.1 Å². The molecule has 1 saturated heterocycles. The quantitative estimate of drug-likeness (QED) is 0.489. The van der Waals surface area contributed by atoms with Gasteiger partial charge in [-0.15, -0.1) is 0 Å². The summed E-state index contributed by atoms with van der Waals surface area (Å²) >= 11 is 0. The predicted octanol–water partition coefficient (Wildman–Crippen LogP) is 1.36. The Morgan fingerprint density at radius 2 is 1.71 bits per heavy atom. The van der Waals surface area contributed by atoms with Crippen molar-refractivity contribution in [3.8, 4) is 0 Å². The maximum absolute atomic E-state index is 4.15. The molecule has 0 saturated carbocycles. The number of nitrogens with zero attached hydrogens (tertiary/aromatic N) is 1. The minimum Gasteiger partial charge on any atom is -0.666 e. The molecule has 0 aromatic rings. The smallest absolute Gasteiger partial charge is 0 e. The van der Waals surface area contributed by atoms with Crippen LogP contribution in [0.3, 0.4) is 0 Å². The number of piperidine rings is 1. The van der Waals surface area contributed by atoms with Crippen molar-refractivity contribution in [1.82, 2.24) is 0 Å². The van der Waals surface area contributed by atoms with E-state index in [1.165, 1.54) is 12.8 Å². The molecule has 0 aromatic carbocycles. The first kappa shape index (κ1) is 8.06. The van der Waals surface area contributed by atoms with Crippen LogP contribution in [-0.2, 0) is 32.7 Å². The summed E-state index contributed by atoms with van der Waals surface area (Å²) in [6, 6.07) is 0. The van der Waals surface area contributed by atoms with E-state index in [0.717, 1.165) is 13.1 Å². The van der Waals surface area contributed by atoms with Crippen molar-refractivity contribution in [1.29, 1.82) is 0 Å². The summed E-state index contributed by atoms with van der Waals surface area (Å²) in [5.41, 5.74) is 0. The van der Waals surface area contributed by atoms with Crippen LogP contribution in [0.1, 0.15) is 12.8 Å². The molecule has 1 aliphatic heterocycles. The molecule has 1 nitrogen and oxygen atoms in total. The van der Waals surface area contributed by atoms with Gasteiger partial charge in [-0.1, -0.05) is 0 Å². The van der Waals surface area contributed by atoms with Crippen LogP contribution in [0.5, 0.6) is 0 Å². The van der Waals surface area contributed by atoms with Crippen molar-refractivity contribution in [3.05, 3.63) is 11.7 Å². The van der Waals surface area contributed by atoms with Crippen molar-refractivity contribution in [2.24, 2.45) is 0 Å². The minimum absolute atomic E-state index is 0. The average molecular weight is 172 g/mol. The van der Waals surface area contributed by atoms with Crippen LogP contribution in [0.4, 0.5) is 0 Å². The molecule has 1 radical (unpaired) electrons. The standard InChI is InChI=1S/C5H9N.Y/c1-2-4-6-5-3-1;/h1H,2-5H2;/q-2;. The van der Waals surface area contributed by atoms with Crippen LogP contribution >= 0.6 is 0 Å². The predicted molar refractivity (Wildman–Crippen MR) is 26.6 cm³/mol. The molecule has 0 unspecified atom stereocenters. The average Bonchev–Trinajstić information content (AvgIpc) is 1.72. The third-order valence-corrected chi connectivity index (χ3v) is 0.983. The molecular formula is C5H9NY-2. The van der Waals surface area contributed by atoms with Gasteiger partial charge >= 0.3 is 0 Å².